The minimum Gasteiger partial charge on any atom is -0.481 e. The second kappa shape index (κ2) is 18.0. The lowest BCUT2D eigenvalue weighted by molar-refractivity contribution is -0.0830. The summed E-state index contributed by atoms with van der Waals surface area (Å²) in [5.41, 5.74) is 0.566. The van der Waals surface area contributed by atoms with Crippen molar-refractivity contribution in [3.63, 3.8) is 0 Å². The number of ether oxygens (including phenoxy) is 3. The van der Waals surface area contributed by atoms with E-state index in [0.717, 1.165) is 11.3 Å². The topological polar surface area (TPSA) is 71.9 Å². The van der Waals surface area contributed by atoms with Gasteiger partial charge in [-0.15, -0.1) is 11.8 Å². The predicted molar refractivity (Wildman–Crippen MR) is 233 cm³/mol. The summed E-state index contributed by atoms with van der Waals surface area (Å²) < 4.78 is 34.0. The van der Waals surface area contributed by atoms with Crippen LogP contribution in [0.5, 0.6) is 11.9 Å². The first kappa shape index (κ1) is 42.4. The van der Waals surface area contributed by atoms with Gasteiger partial charge in [-0.1, -0.05) is 163 Å². The Morgan fingerprint density at radius 2 is 0.945 bits per heavy atom. The third-order valence-corrected chi connectivity index (χ3v) is 20.8. The van der Waals surface area contributed by atoms with Gasteiger partial charge in [-0.3, -0.25) is 0 Å². The molecule has 0 amide bonds. The molecule has 0 aliphatic heterocycles. The van der Waals surface area contributed by atoms with Crippen LogP contribution >= 0.6 is 11.8 Å². The third-order valence-electron chi connectivity index (χ3n) is 10.5. The van der Waals surface area contributed by atoms with Gasteiger partial charge in [0.15, 0.2) is 0 Å². The molecule has 55 heavy (non-hydrogen) atoms. The molecule has 0 fully saturated rings. The minimum atomic E-state index is -3.02. The number of hydrogen-bond donors (Lipinski definition) is 0. The maximum absolute atomic E-state index is 7.75. The fraction of sp³-hybridized carbons (Fsp3) is 0.378. The highest BCUT2D eigenvalue weighted by molar-refractivity contribution is 7.98. The Morgan fingerprint density at radius 1 is 0.564 bits per heavy atom. The molecule has 0 N–H and O–H groups in total. The standard InChI is InChI=1S/C45H58N2O5SSi2/c1-35-40(46-42(49-9)47-41(35)48-8)31-45(50-34-53-10,32-51-54(43(2,3)4,36-23-15-11-16-24-36)37-25-17-12-18-26-37)33-52-55(44(5,6)7,38-27-19-13-20-28-38)39-29-21-14-22-30-39/h11-30H,31-34H2,1-10H3. The van der Waals surface area contributed by atoms with E-state index in [-0.39, 0.29) is 29.3 Å². The second-order valence-electron chi connectivity index (χ2n) is 16.1. The zero-order chi connectivity index (χ0) is 39.7. The Balaban J connectivity index is 1.76. The zero-order valence-corrected chi connectivity index (χ0v) is 37.0. The van der Waals surface area contributed by atoms with E-state index in [1.54, 1.807) is 26.0 Å². The van der Waals surface area contributed by atoms with Crippen LogP contribution in [0.4, 0.5) is 0 Å². The van der Waals surface area contributed by atoms with Crippen LogP contribution in [0.3, 0.4) is 0 Å². The van der Waals surface area contributed by atoms with Crippen molar-refractivity contribution >= 4 is 49.1 Å². The minimum absolute atomic E-state index is 0.233. The zero-order valence-electron chi connectivity index (χ0n) is 34.2. The number of benzene rings is 4. The van der Waals surface area contributed by atoms with Crippen LogP contribution in [0.15, 0.2) is 121 Å². The molecule has 10 heteroatoms. The van der Waals surface area contributed by atoms with Gasteiger partial charge in [-0.25, -0.2) is 0 Å². The van der Waals surface area contributed by atoms with Crippen LogP contribution in [0.25, 0.3) is 0 Å². The fourth-order valence-electron chi connectivity index (χ4n) is 7.75. The molecule has 0 saturated heterocycles. The van der Waals surface area contributed by atoms with Gasteiger partial charge in [0.2, 0.25) is 5.88 Å². The second-order valence-corrected chi connectivity index (χ2v) is 25.5. The molecule has 0 aliphatic carbocycles. The number of methoxy groups -OCH3 is 2. The Bertz CT molecular complexity index is 1760. The van der Waals surface area contributed by atoms with Gasteiger partial charge >= 0.3 is 6.01 Å². The summed E-state index contributed by atoms with van der Waals surface area (Å²) in [6, 6.07) is 43.2. The van der Waals surface area contributed by atoms with Gasteiger partial charge in [0, 0.05) is 12.0 Å². The SMILES string of the molecule is COc1nc(CC(CO[Si](c2ccccc2)(c2ccccc2)C(C)(C)C)(CO[Si](c2ccccc2)(c2ccccc2)C(C)(C)C)OCSC)c(C)c(OC)n1. The van der Waals surface area contributed by atoms with Gasteiger partial charge in [0.1, 0.15) is 5.60 Å². The first-order valence-corrected chi connectivity index (χ1v) is 24.1. The van der Waals surface area contributed by atoms with Crippen LogP contribution < -0.4 is 30.2 Å². The summed E-state index contributed by atoms with van der Waals surface area (Å²) >= 11 is 1.63. The molecular formula is C45H58N2O5SSi2. The maximum Gasteiger partial charge on any atom is 0.319 e. The molecular weight excluding hydrogens is 737 g/mol. The summed E-state index contributed by atoms with van der Waals surface area (Å²) in [5.74, 6) is 0.883. The molecule has 5 aromatic rings. The van der Waals surface area contributed by atoms with Gasteiger partial charge in [0.25, 0.3) is 16.6 Å². The first-order chi connectivity index (χ1) is 26.3. The molecule has 1 aromatic heterocycles. The van der Waals surface area contributed by atoms with Crippen molar-refractivity contribution in [2.45, 2.75) is 70.6 Å². The monoisotopic (exact) mass is 794 g/mol. The highest BCUT2D eigenvalue weighted by Gasteiger charge is 2.54. The fourth-order valence-corrected chi connectivity index (χ4v) is 17.4. The highest BCUT2D eigenvalue weighted by Crippen LogP contribution is 2.41. The molecule has 0 unspecified atom stereocenters. The van der Waals surface area contributed by atoms with E-state index in [0.29, 0.717) is 18.2 Å². The molecule has 0 radical (unpaired) electrons. The smallest absolute Gasteiger partial charge is 0.319 e. The molecule has 7 nitrogen and oxygen atoms in total. The van der Waals surface area contributed by atoms with Crippen molar-refractivity contribution in [3.05, 3.63) is 133 Å². The summed E-state index contributed by atoms with van der Waals surface area (Å²) in [6.07, 6.45) is 2.42. The van der Waals surface area contributed by atoms with Gasteiger partial charge in [0.05, 0.1) is 39.1 Å². The largest absolute Gasteiger partial charge is 0.481 e. The average molecular weight is 795 g/mol. The van der Waals surface area contributed by atoms with Gasteiger partial charge < -0.3 is 23.1 Å². The number of nitrogens with zero attached hydrogens (tertiary/aromatic N) is 2. The van der Waals surface area contributed by atoms with E-state index >= 15 is 0 Å². The molecule has 1 heterocycles. The molecule has 0 saturated carbocycles. The van der Waals surface area contributed by atoms with Crippen molar-refractivity contribution in [2.75, 3.05) is 39.6 Å². The Kier molecular flexibility index (Phi) is 13.9. The Hall–Kier alpha value is -3.78. The lowest BCUT2D eigenvalue weighted by Gasteiger charge is -2.48. The van der Waals surface area contributed by atoms with E-state index in [4.69, 9.17) is 28.0 Å². The van der Waals surface area contributed by atoms with E-state index < -0.39 is 22.2 Å². The molecule has 0 atom stereocenters. The predicted octanol–water partition coefficient (Wildman–Crippen LogP) is 7.57. The molecule has 0 spiro atoms. The highest BCUT2D eigenvalue weighted by atomic mass is 32.2. The van der Waals surface area contributed by atoms with Crippen molar-refractivity contribution in [2.24, 2.45) is 0 Å². The number of rotatable bonds is 17. The molecule has 0 aliphatic rings. The summed E-state index contributed by atoms with van der Waals surface area (Å²) in [7, 11) is -2.84. The van der Waals surface area contributed by atoms with Crippen LogP contribution in [-0.4, -0.2) is 71.8 Å². The van der Waals surface area contributed by atoms with E-state index in [9.17, 15) is 0 Å². The summed E-state index contributed by atoms with van der Waals surface area (Å²) in [6.45, 7) is 16.3. The van der Waals surface area contributed by atoms with E-state index in [2.05, 4.69) is 174 Å². The number of hydrogen-bond acceptors (Lipinski definition) is 8. The number of aromatic nitrogens is 2. The molecule has 0 bridgehead atoms. The van der Waals surface area contributed by atoms with Crippen LogP contribution in [0.2, 0.25) is 10.1 Å². The van der Waals surface area contributed by atoms with Crippen molar-refractivity contribution in [1.82, 2.24) is 9.97 Å². The van der Waals surface area contributed by atoms with Crippen molar-refractivity contribution < 1.29 is 23.1 Å². The Labute approximate surface area is 335 Å². The Morgan fingerprint density at radius 3 is 1.25 bits per heavy atom. The van der Waals surface area contributed by atoms with Crippen LogP contribution in [-0.2, 0) is 20.0 Å². The quantitative estimate of drug-likeness (QED) is 0.0706. The number of thioether (sulfide) groups is 1. The maximum atomic E-state index is 7.75. The van der Waals surface area contributed by atoms with Crippen LogP contribution in [0.1, 0.15) is 52.8 Å². The van der Waals surface area contributed by atoms with E-state index in [1.165, 1.54) is 20.7 Å². The molecule has 4 aromatic carbocycles. The molecule has 5 rings (SSSR count). The lowest BCUT2D eigenvalue weighted by Crippen LogP contribution is -2.69. The molecule has 292 valence electrons. The van der Waals surface area contributed by atoms with Crippen molar-refractivity contribution in [3.8, 4) is 11.9 Å². The summed E-state index contributed by atoms with van der Waals surface area (Å²) in [5, 5.41) is 4.28. The normalized spacial score (nSPS) is 12.8. The third kappa shape index (κ3) is 8.95. The van der Waals surface area contributed by atoms with E-state index in [1.807, 2.05) is 6.92 Å². The lowest BCUT2D eigenvalue weighted by atomic mass is 9.97. The summed E-state index contributed by atoms with van der Waals surface area (Å²) in [4.78, 5) is 9.43. The first-order valence-electron chi connectivity index (χ1n) is 18.9. The van der Waals surface area contributed by atoms with Crippen molar-refractivity contribution in [1.29, 1.82) is 0 Å². The van der Waals surface area contributed by atoms with Gasteiger partial charge in [-0.2, -0.15) is 9.97 Å². The van der Waals surface area contributed by atoms with Gasteiger partial charge in [-0.05, 0) is 44.0 Å². The van der Waals surface area contributed by atoms with Crippen LogP contribution in [0, 0.1) is 6.92 Å². The average Bonchev–Trinajstić information content (AvgIpc) is 3.19.